The van der Waals surface area contributed by atoms with Crippen LogP contribution in [0.1, 0.15) is 0 Å². The predicted octanol–water partition coefficient (Wildman–Crippen LogP) is 4.56. The molecule has 0 radical (unpaired) electrons. The molecule has 0 aliphatic heterocycles. The average molecular weight is 351 g/mol. The number of anilines is 2. The molecule has 4 nitrogen and oxygen atoms in total. The van der Waals surface area contributed by atoms with Gasteiger partial charge in [-0.15, -0.1) is 0 Å². The quantitative estimate of drug-likeness (QED) is 0.569. The first kappa shape index (κ1) is 16.1. The van der Waals surface area contributed by atoms with Gasteiger partial charge in [0.25, 0.3) is 5.56 Å². The van der Waals surface area contributed by atoms with Crippen molar-refractivity contribution in [3.8, 4) is 11.1 Å². The minimum atomic E-state index is -0.674. The number of benzene rings is 2. The van der Waals surface area contributed by atoms with Gasteiger partial charge in [0.15, 0.2) is 0 Å². The fourth-order valence-electron chi connectivity index (χ4n) is 3.05. The van der Waals surface area contributed by atoms with Crippen LogP contribution >= 0.6 is 0 Å². The summed E-state index contributed by atoms with van der Waals surface area (Å²) in [4.78, 5) is 15.2. The summed E-state index contributed by atoms with van der Waals surface area (Å²) in [5.74, 6) is -1.31. The highest BCUT2D eigenvalue weighted by molar-refractivity contribution is 5.98. The van der Waals surface area contributed by atoms with Crippen LogP contribution < -0.4 is 10.9 Å². The number of hydrogen-bond acceptors (Lipinski definition) is 2. The molecule has 2 aromatic heterocycles. The number of pyridine rings is 1. The average Bonchev–Trinajstić information content (AvgIpc) is 3.11. The van der Waals surface area contributed by atoms with E-state index in [2.05, 4.69) is 10.3 Å². The minimum Gasteiger partial charge on any atom is -0.357 e. The zero-order valence-corrected chi connectivity index (χ0v) is 13.9. The van der Waals surface area contributed by atoms with Crippen molar-refractivity contribution in [3.63, 3.8) is 0 Å². The molecule has 130 valence electrons. The van der Waals surface area contributed by atoms with Crippen LogP contribution in [0.3, 0.4) is 0 Å². The van der Waals surface area contributed by atoms with Crippen LogP contribution in [0, 0.1) is 11.6 Å². The van der Waals surface area contributed by atoms with E-state index in [1.807, 2.05) is 30.3 Å². The maximum Gasteiger partial charge on any atom is 0.274 e. The van der Waals surface area contributed by atoms with Crippen LogP contribution in [0.15, 0.2) is 65.7 Å². The van der Waals surface area contributed by atoms with E-state index in [0.717, 1.165) is 22.6 Å². The Balaban J connectivity index is 1.88. The summed E-state index contributed by atoms with van der Waals surface area (Å²) in [7, 11) is 1.68. The van der Waals surface area contributed by atoms with Crippen LogP contribution in [0.25, 0.3) is 22.0 Å². The second-order valence-electron chi connectivity index (χ2n) is 6.02. The van der Waals surface area contributed by atoms with Gasteiger partial charge in [0, 0.05) is 47.7 Å². The maximum atomic E-state index is 14.0. The van der Waals surface area contributed by atoms with Crippen molar-refractivity contribution in [3.05, 3.63) is 82.9 Å². The molecular formula is C20H15F2N3O. The second-order valence-corrected chi connectivity index (χ2v) is 6.02. The molecule has 0 saturated heterocycles. The van der Waals surface area contributed by atoms with Crippen molar-refractivity contribution in [1.82, 2.24) is 9.55 Å². The molecule has 4 rings (SSSR count). The first-order valence-corrected chi connectivity index (χ1v) is 8.03. The third-order valence-corrected chi connectivity index (χ3v) is 4.31. The first-order chi connectivity index (χ1) is 12.5. The molecule has 0 saturated carbocycles. The summed E-state index contributed by atoms with van der Waals surface area (Å²) in [6.07, 6.45) is 3.46. The molecule has 2 heterocycles. The van der Waals surface area contributed by atoms with Gasteiger partial charge in [-0.3, -0.25) is 4.79 Å². The molecule has 0 aliphatic carbocycles. The van der Waals surface area contributed by atoms with E-state index in [1.54, 1.807) is 19.4 Å². The number of aryl methyl sites for hydroxylation is 1. The molecule has 26 heavy (non-hydrogen) atoms. The van der Waals surface area contributed by atoms with Crippen molar-refractivity contribution >= 4 is 22.3 Å². The van der Waals surface area contributed by atoms with Crippen molar-refractivity contribution in [1.29, 1.82) is 0 Å². The zero-order valence-electron chi connectivity index (χ0n) is 13.9. The van der Waals surface area contributed by atoms with Gasteiger partial charge < -0.3 is 14.9 Å². The molecule has 0 spiro atoms. The van der Waals surface area contributed by atoms with Gasteiger partial charge in [0.2, 0.25) is 0 Å². The smallest absolute Gasteiger partial charge is 0.274 e. The molecule has 2 N–H and O–H groups in total. The number of nitrogens with one attached hydrogen (secondary N) is 2. The number of nitrogens with zero attached hydrogens (tertiary/aromatic N) is 1. The molecule has 0 bridgehead atoms. The van der Waals surface area contributed by atoms with Gasteiger partial charge in [-0.05, 0) is 24.3 Å². The number of H-pyrrole nitrogens is 1. The molecule has 6 heteroatoms. The third kappa shape index (κ3) is 2.65. The van der Waals surface area contributed by atoms with Crippen molar-refractivity contribution < 1.29 is 8.78 Å². The monoisotopic (exact) mass is 351 g/mol. The van der Waals surface area contributed by atoms with Gasteiger partial charge in [0.1, 0.15) is 17.2 Å². The highest BCUT2D eigenvalue weighted by Gasteiger charge is 2.14. The summed E-state index contributed by atoms with van der Waals surface area (Å²) in [6.45, 7) is 0. The third-order valence-electron chi connectivity index (χ3n) is 4.31. The normalized spacial score (nSPS) is 11.0. The van der Waals surface area contributed by atoms with Gasteiger partial charge in [-0.2, -0.15) is 0 Å². The SMILES string of the molecule is Cn1cc(-c2ccccc2Nc2ccc(F)cc2F)c2cc[nH]c2c1=O. The summed E-state index contributed by atoms with van der Waals surface area (Å²) in [5.41, 5.74) is 2.84. The highest BCUT2D eigenvalue weighted by Crippen LogP contribution is 2.34. The molecule has 4 aromatic rings. The lowest BCUT2D eigenvalue weighted by atomic mass is 10.0. The molecule has 0 aliphatic rings. The van der Waals surface area contributed by atoms with Crippen LogP contribution in [0.2, 0.25) is 0 Å². The number of rotatable bonds is 3. The minimum absolute atomic E-state index is 0.122. The Labute approximate surface area is 147 Å². The molecule has 0 amide bonds. The molecule has 0 atom stereocenters. The molecule has 0 fully saturated rings. The Morgan fingerprint density at radius 3 is 2.62 bits per heavy atom. The fourth-order valence-corrected chi connectivity index (χ4v) is 3.05. The lowest BCUT2D eigenvalue weighted by molar-refractivity contribution is 0.586. The summed E-state index contributed by atoms with van der Waals surface area (Å²) >= 11 is 0. The number of aromatic nitrogens is 2. The standard InChI is InChI=1S/C20H15F2N3O/c1-25-11-15(14-8-9-23-19(14)20(25)26)13-4-2-3-5-17(13)24-18-7-6-12(21)10-16(18)22/h2-11,23-24H,1H3. The molecule has 0 unspecified atom stereocenters. The van der Waals surface area contributed by atoms with Crippen molar-refractivity contribution in [2.75, 3.05) is 5.32 Å². The topological polar surface area (TPSA) is 49.8 Å². The van der Waals surface area contributed by atoms with Crippen LogP contribution in [0.5, 0.6) is 0 Å². The van der Waals surface area contributed by atoms with Crippen LogP contribution in [-0.2, 0) is 7.05 Å². The Morgan fingerprint density at radius 1 is 1.00 bits per heavy atom. The zero-order chi connectivity index (χ0) is 18.3. The molecular weight excluding hydrogens is 336 g/mol. The van der Waals surface area contributed by atoms with Crippen molar-refractivity contribution in [2.45, 2.75) is 0 Å². The van der Waals surface area contributed by atoms with Crippen LogP contribution in [-0.4, -0.2) is 9.55 Å². The van der Waals surface area contributed by atoms with Gasteiger partial charge in [0.05, 0.1) is 5.69 Å². The van der Waals surface area contributed by atoms with E-state index in [4.69, 9.17) is 0 Å². The Morgan fingerprint density at radius 2 is 1.81 bits per heavy atom. The van der Waals surface area contributed by atoms with E-state index < -0.39 is 11.6 Å². The van der Waals surface area contributed by atoms with E-state index in [0.29, 0.717) is 11.2 Å². The summed E-state index contributed by atoms with van der Waals surface area (Å²) in [6, 6.07) is 12.6. The van der Waals surface area contributed by atoms with Gasteiger partial charge in [-0.25, -0.2) is 8.78 Å². The second kappa shape index (κ2) is 6.15. The number of halogens is 2. The Kier molecular flexibility index (Phi) is 3.80. The van der Waals surface area contributed by atoms with Crippen molar-refractivity contribution in [2.24, 2.45) is 7.05 Å². The predicted molar refractivity (Wildman–Crippen MR) is 98.6 cm³/mol. The lowest BCUT2D eigenvalue weighted by Crippen LogP contribution is -2.16. The van der Waals surface area contributed by atoms with E-state index in [1.165, 1.54) is 16.7 Å². The number of fused-ring (bicyclic) bond motifs is 1. The first-order valence-electron chi connectivity index (χ1n) is 8.03. The highest BCUT2D eigenvalue weighted by atomic mass is 19.1. The summed E-state index contributed by atoms with van der Waals surface area (Å²) in [5, 5.41) is 3.80. The van der Waals surface area contributed by atoms with E-state index >= 15 is 0 Å². The number of para-hydroxylation sites is 1. The summed E-state index contributed by atoms with van der Waals surface area (Å²) < 4.78 is 28.7. The van der Waals surface area contributed by atoms with Crippen LogP contribution in [0.4, 0.5) is 20.2 Å². The number of aromatic amines is 1. The largest absolute Gasteiger partial charge is 0.357 e. The lowest BCUT2D eigenvalue weighted by Gasteiger charge is -2.14. The van der Waals surface area contributed by atoms with Gasteiger partial charge >= 0.3 is 0 Å². The Bertz CT molecular complexity index is 1180. The maximum absolute atomic E-state index is 14.0. The fraction of sp³-hybridized carbons (Fsp3) is 0.0500. The van der Waals surface area contributed by atoms with Gasteiger partial charge in [-0.1, -0.05) is 18.2 Å². The number of hydrogen-bond donors (Lipinski definition) is 2. The van der Waals surface area contributed by atoms with E-state index in [-0.39, 0.29) is 11.2 Å². The Hall–Kier alpha value is -3.41. The molecule has 2 aromatic carbocycles. The van der Waals surface area contributed by atoms with E-state index in [9.17, 15) is 13.6 Å².